The molecular weight excluding hydrogens is 409 g/mol. The summed E-state index contributed by atoms with van der Waals surface area (Å²) >= 11 is 1.47. The molecule has 0 radical (unpaired) electrons. The van der Waals surface area contributed by atoms with E-state index in [2.05, 4.69) is 10.3 Å². The molecule has 0 bridgehead atoms. The van der Waals surface area contributed by atoms with Gasteiger partial charge in [-0.1, -0.05) is 60.7 Å². The lowest BCUT2D eigenvalue weighted by molar-refractivity contribution is -0.116. The molecule has 0 unspecified atom stereocenters. The number of hydrogen-bond donors (Lipinski definition) is 1. The maximum atomic E-state index is 13.6. The second kappa shape index (κ2) is 8.16. The Kier molecular flexibility index (Phi) is 5.06. The van der Waals surface area contributed by atoms with E-state index >= 15 is 0 Å². The van der Waals surface area contributed by atoms with E-state index in [1.54, 1.807) is 12.1 Å². The number of amides is 1. The summed E-state index contributed by atoms with van der Waals surface area (Å²) in [5.74, 6) is -0.380. The van der Waals surface area contributed by atoms with Crippen molar-refractivity contribution in [1.82, 2.24) is 9.38 Å². The maximum absolute atomic E-state index is 13.6. The molecular formula is C25H18FN3OS. The van der Waals surface area contributed by atoms with E-state index in [0.29, 0.717) is 11.5 Å². The number of hydrogen-bond acceptors (Lipinski definition) is 3. The van der Waals surface area contributed by atoms with Crippen LogP contribution in [0.2, 0.25) is 0 Å². The first-order valence-corrected chi connectivity index (χ1v) is 10.7. The van der Waals surface area contributed by atoms with Gasteiger partial charge in [0.1, 0.15) is 17.3 Å². The van der Waals surface area contributed by atoms with E-state index in [-0.39, 0.29) is 11.7 Å². The van der Waals surface area contributed by atoms with Gasteiger partial charge in [-0.15, -0.1) is 11.3 Å². The van der Waals surface area contributed by atoms with Gasteiger partial charge in [0.2, 0.25) is 5.91 Å². The second-order valence-corrected chi connectivity index (χ2v) is 7.99. The summed E-state index contributed by atoms with van der Waals surface area (Å²) in [5, 5.41) is 5.02. The number of rotatable bonds is 5. The predicted octanol–water partition coefficient (Wildman–Crippen LogP) is 5.97. The lowest BCUT2D eigenvalue weighted by atomic mass is 9.90. The number of anilines is 1. The van der Waals surface area contributed by atoms with Crippen LogP contribution in [-0.4, -0.2) is 15.3 Å². The van der Waals surface area contributed by atoms with Gasteiger partial charge in [-0.25, -0.2) is 9.37 Å². The number of benzene rings is 3. The summed E-state index contributed by atoms with van der Waals surface area (Å²) in [6.45, 7) is 0. The van der Waals surface area contributed by atoms with Gasteiger partial charge >= 0.3 is 0 Å². The van der Waals surface area contributed by atoms with Gasteiger partial charge in [-0.3, -0.25) is 9.20 Å². The summed E-state index contributed by atoms with van der Waals surface area (Å²) in [4.78, 5) is 19.0. The summed E-state index contributed by atoms with van der Waals surface area (Å²) < 4.78 is 15.3. The monoisotopic (exact) mass is 427 g/mol. The minimum absolute atomic E-state index is 0.159. The topological polar surface area (TPSA) is 46.4 Å². The van der Waals surface area contributed by atoms with Crippen molar-refractivity contribution in [2.75, 3.05) is 5.32 Å². The van der Waals surface area contributed by atoms with Crippen molar-refractivity contribution in [2.24, 2.45) is 0 Å². The van der Waals surface area contributed by atoms with Crippen molar-refractivity contribution in [1.29, 1.82) is 0 Å². The lowest BCUT2D eigenvalue weighted by Crippen LogP contribution is -2.23. The van der Waals surface area contributed by atoms with Crippen molar-refractivity contribution in [3.05, 3.63) is 113 Å². The van der Waals surface area contributed by atoms with E-state index < -0.39 is 5.92 Å². The highest BCUT2D eigenvalue weighted by Crippen LogP contribution is 2.33. The van der Waals surface area contributed by atoms with Crippen LogP contribution in [-0.2, 0) is 4.79 Å². The Labute approximate surface area is 182 Å². The molecule has 4 nitrogen and oxygen atoms in total. The molecule has 1 N–H and O–H groups in total. The van der Waals surface area contributed by atoms with E-state index in [1.165, 1.54) is 23.5 Å². The number of aromatic nitrogens is 2. The van der Waals surface area contributed by atoms with E-state index in [1.807, 2.05) is 76.6 Å². The number of carbonyl (C=O) groups is 1. The number of nitrogens with zero attached hydrogens (tertiary/aromatic N) is 2. The smallest absolute Gasteiger partial charge is 0.237 e. The van der Waals surface area contributed by atoms with Gasteiger partial charge in [0.15, 0.2) is 4.96 Å². The first-order valence-electron chi connectivity index (χ1n) is 9.83. The standard InChI is InChI=1S/C25H18FN3OS/c26-20-13-11-19(12-14-20)22-23(29-15-16-31-25(29)27-22)28-24(30)21(17-7-3-1-4-8-17)18-9-5-2-6-10-18/h1-16,21H,(H,28,30). The molecule has 0 aliphatic heterocycles. The van der Waals surface area contributed by atoms with Crippen LogP contribution in [0.3, 0.4) is 0 Å². The molecule has 6 heteroatoms. The Hall–Kier alpha value is -3.77. The highest BCUT2D eigenvalue weighted by molar-refractivity contribution is 7.15. The molecule has 0 atom stereocenters. The highest BCUT2D eigenvalue weighted by atomic mass is 32.1. The molecule has 0 saturated heterocycles. The van der Waals surface area contributed by atoms with Gasteiger partial charge in [0.05, 0.1) is 5.92 Å². The van der Waals surface area contributed by atoms with Crippen molar-refractivity contribution in [2.45, 2.75) is 5.92 Å². The molecule has 152 valence electrons. The molecule has 0 fully saturated rings. The first-order chi connectivity index (χ1) is 15.2. The number of imidazole rings is 1. The van der Waals surface area contributed by atoms with Crippen LogP contribution in [0.5, 0.6) is 0 Å². The zero-order valence-electron chi connectivity index (χ0n) is 16.4. The molecule has 0 spiro atoms. The maximum Gasteiger partial charge on any atom is 0.237 e. The molecule has 0 aliphatic carbocycles. The molecule has 2 heterocycles. The predicted molar refractivity (Wildman–Crippen MR) is 122 cm³/mol. The van der Waals surface area contributed by atoms with Crippen molar-refractivity contribution in [3.63, 3.8) is 0 Å². The third-order valence-electron chi connectivity index (χ3n) is 5.15. The Morgan fingerprint density at radius 2 is 1.52 bits per heavy atom. The van der Waals surface area contributed by atoms with Crippen LogP contribution in [0.15, 0.2) is 96.5 Å². The molecule has 3 aromatic carbocycles. The third kappa shape index (κ3) is 3.73. The number of nitrogens with one attached hydrogen (secondary N) is 1. The Bertz CT molecular complexity index is 1290. The Balaban J connectivity index is 1.58. The average Bonchev–Trinajstić information content (AvgIpc) is 3.39. The second-order valence-electron chi connectivity index (χ2n) is 7.12. The molecule has 0 saturated carbocycles. The van der Waals surface area contributed by atoms with E-state index in [0.717, 1.165) is 21.7 Å². The van der Waals surface area contributed by atoms with Crippen LogP contribution >= 0.6 is 11.3 Å². The van der Waals surface area contributed by atoms with Crippen LogP contribution < -0.4 is 5.32 Å². The number of carbonyl (C=O) groups excluding carboxylic acids is 1. The molecule has 5 rings (SSSR count). The largest absolute Gasteiger partial charge is 0.309 e. The number of halogens is 1. The number of thiazole rings is 1. The van der Waals surface area contributed by atoms with Gasteiger partial charge in [-0.05, 0) is 35.4 Å². The summed E-state index contributed by atoms with van der Waals surface area (Å²) in [6.07, 6.45) is 1.87. The van der Waals surface area contributed by atoms with Gasteiger partial charge in [0.25, 0.3) is 0 Å². The van der Waals surface area contributed by atoms with Crippen molar-refractivity contribution >= 4 is 28.0 Å². The van der Waals surface area contributed by atoms with Crippen molar-refractivity contribution < 1.29 is 9.18 Å². The Morgan fingerprint density at radius 3 is 2.13 bits per heavy atom. The minimum atomic E-state index is -0.479. The average molecular weight is 428 g/mol. The molecule has 0 aliphatic rings. The third-order valence-corrected chi connectivity index (χ3v) is 5.91. The Morgan fingerprint density at radius 1 is 0.903 bits per heavy atom. The van der Waals surface area contributed by atoms with Crippen LogP contribution in [0.1, 0.15) is 17.0 Å². The first kappa shape index (κ1) is 19.2. The zero-order valence-corrected chi connectivity index (χ0v) is 17.2. The molecule has 2 aromatic heterocycles. The summed E-state index contributed by atoms with van der Waals surface area (Å²) in [5.41, 5.74) is 3.16. The quantitative estimate of drug-likeness (QED) is 0.375. The summed E-state index contributed by atoms with van der Waals surface area (Å²) in [6, 6.07) is 25.5. The SMILES string of the molecule is O=C(Nc1c(-c2ccc(F)cc2)nc2sccn12)C(c1ccccc1)c1ccccc1. The summed E-state index contributed by atoms with van der Waals surface area (Å²) in [7, 11) is 0. The van der Waals surface area contributed by atoms with Crippen molar-refractivity contribution in [3.8, 4) is 11.3 Å². The fourth-order valence-electron chi connectivity index (χ4n) is 3.69. The van der Waals surface area contributed by atoms with E-state index in [4.69, 9.17) is 0 Å². The minimum Gasteiger partial charge on any atom is -0.309 e. The molecule has 31 heavy (non-hydrogen) atoms. The normalized spacial score (nSPS) is 11.2. The molecule has 1 amide bonds. The van der Waals surface area contributed by atoms with Crippen LogP contribution in [0.25, 0.3) is 16.2 Å². The number of fused-ring (bicyclic) bond motifs is 1. The van der Waals surface area contributed by atoms with Gasteiger partial charge in [0, 0.05) is 17.1 Å². The highest BCUT2D eigenvalue weighted by Gasteiger charge is 2.25. The van der Waals surface area contributed by atoms with Gasteiger partial charge in [-0.2, -0.15) is 0 Å². The van der Waals surface area contributed by atoms with Gasteiger partial charge < -0.3 is 5.32 Å². The van der Waals surface area contributed by atoms with E-state index in [9.17, 15) is 9.18 Å². The van der Waals surface area contributed by atoms with Crippen LogP contribution in [0, 0.1) is 5.82 Å². The fraction of sp³-hybridized carbons (Fsp3) is 0.0400. The zero-order chi connectivity index (χ0) is 21.2. The fourth-order valence-corrected chi connectivity index (χ4v) is 4.40. The van der Waals surface area contributed by atoms with Crippen LogP contribution in [0.4, 0.5) is 10.2 Å². The molecule has 5 aromatic rings. The lowest BCUT2D eigenvalue weighted by Gasteiger charge is -2.18.